The third-order valence-corrected chi connectivity index (χ3v) is 5.13. The summed E-state index contributed by atoms with van der Waals surface area (Å²) < 4.78 is 26.8. The fourth-order valence-electron chi connectivity index (χ4n) is 1.60. The fraction of sp³-hybridized carbons (Fsp3) is 0.333. The van der Waals surface area contributed by atoms with Crippen LogP contribution in [0.3, 0.4) is 0 Å². The third kappa shape index (κ3) is 3.25. The van der Waals surface area contributed by atoms with Gasteiger partial charge in [0.2, 0.25) is 10.0 Å². The molecule has 0 spiro atoms. The van der Waals surface area contributed by atoms with E-state index in [0.717, 1.165) is 16.6 Å². The van der Waals surface area contributed by atoms with Crippen molar-refractivity contribution in [1.82, 2.24) is 19.3 Å². The number of hydrogen-bond donors (Lipinski definition) is 0. The Balaban J connectivity index is 2.18. The third-order valence-electron chi connectivity index (χ3n) is 2.79. The van der Waals surface area contributed by atoms with E-state index in [9.17, 15) is 8.42 Å². The topological polar surface area (TPSA) is 68.1 Å². The lowest BCUT2D eigenvalue weighted by molar-refractivity contribution is 0.347. The monoisotopic (exact) mass is 358 g/mol. The molecular weight excluding hydrogens is 344 g/mol. The molecule has 0 N–H and O–H groups in total. The van der Waals surface area contributed by atoms with Crippen LogP contribution in [0.5, 0.6) is 0 Å². The quantitative estimate of drug-likeness (QED) is 0.818. The number of hydrogen-bond acceptors (Lipinski definition) is 4. The second-order valence-corrected chi connectivity index (χ2v) is 7.22. The van der Waals surface area contributed by atoms with E-state index in [2.05, 4.69) is 26.1 Å². The highest BCUT2D eigenvalue weighted by molar-refractivity contribution is 9.10. The lowest BCUT2D eigenvalue weighted by Gasteiger charge is -2.16. The maximum absolute atomic E-state index is 12.4. The summed E-state index contributed by atoms with van der Waals surface area (Å²) in [5.74, 6) is 0. The second-order valence-electron chi connectivity index (χ2n) is 4.26. The number of aromatic nitrogens is 3. The molecule has 0 unspecified atom stereocenters. The molecule has 1 aromatic heterocycles. The molecule has 0 radical (unpaired) electrons. The first kappa shape index (κ1) is 15.1. The Bertz CT molecular complexity index is 682. The molecule has 0 aliphatic heterocycles. The fourth-order valence-corrected chi connectivity index (χ4v) is 2.96. The van der Waals surface area contributed by atoms with Crippen molar-refractivity contribution in [3.8, 4) is 0 Å². The van der Waals surface area contributed by atoms with Crippen molar-refractivity contribution >= 4 is 26.0 Å². The summed E-state index contributed by atoms with van der Waals surface area (Å²) in [4.78, 5) is 1.61. The molecule has 1 heterocycles. The van der Waals surface area contributed by atoms with Gasteiger partial charge < -0.3 is 0 Å². The van der Waals surface area contributed by atoms with Crippen molar-refractivity contribution < 1.29 is 8.42 Å². The SMILES string of the molecule is CCc1cnn(CN(C)S(=O)(=O)c2ccc(Br)cc2)n1. The van der Waals surface area contributed by atoms with Crippen LogP contribution in [-0.2, 0) is 23.1 Å². The highest BCUT2D eigenvalue weighted by Gasteiger charge is 2.21. The Kier molecular flexibility index (Phi) is 4.56. The van der Waals surface area contributed by atoms with Gasteiger partial charge in [-0.05, 0) is 30.7 Å². The molecule has 8 heteroatoms. The van der Waals surface area contributed by atoms with Crippen LogP contribution in [0.1, 0.15) is 12.6 Å². The number of halogens is 1. The number of aryl methyl sites for hydroxylation is 1. The Morgan fingerprint density at radius 1 is 1.30 bits per heavy atom. The molecular formula is C12H15BrN4O2S. The van der Waals surface area contributed by atoms with Crippen LogP contribution in [-0.4, -0.2) is 34.8 Å². The summed E-state index contributed by atoms with van der Waals surface area (Å²) in [6, 6.07) is 6.51. The molecule has 20 heavy (non-hydrogen) atoms. The van der Waals surface area contributed by atoms with Gasteiger partial charge in [-0.3, -0.25) is 0 Å². The van der Waals surface area contributed by atoms with E-state index in [1.54, 1.807) is 30.5 Å². The largest absolute Gasteiger partial charge is 0.244 e. The lowest BCUT2D eigenvalue weighted by atomic mass is 10.4. The second kappa shape index (κ2) is 6.02. The number of benzene rings is 1. The van der Waals surface area contributed by atoms with E-state index in [-0.39, 0.29) is 11.6 Å². The van der Waals surface area contributed by atoms with Crippen LogP contribution >= 0.6 is 15.9 Å². The maximum atomic E-state index is 12.4. The van der Waals surface area contributed by atoms with E-state index in [1.807, 2.05) is 6.92 Å². The molecule has 2 rings (SSSR count). The Morgan fingerprint density at radius 2 is 1.95 bits per heavy atom. The summed E-state index contributed by atoms with van der Waals surface area (Å²) in [7, 11) is -2.03. The molecule has 0 saturated heterocycles. The maximum Gasteiger partial charge on any atom is 0.244 e. The van der Waals surface area contributed by atoms with E-state index in [1.165, 1.54) is 16.1 Å². The van der Waals surface area contributed by atoms with E-state index >= 15 is 0 Å². The zero-order valence-electron chi connectivity index (χ0n) is 11.2. The van der Waals surface area contributed by atoms with E-state index in [4.69, 9.17) is 0 Å². The van der Waals surface area contributed by atoms with Crippen LogP contribution in [0, 0.1) is 0 Å². The molecule has 0 aliphatic rings. The lowest BCUT2D eigenvalue weighted by Crippen LogP contribution is -2.30. The van der Waals surface area contributed by atoms with Crippen LogP contribution in [0.25, 0.3) is 0 Å². The Hall–Kier alpha value is -1.25. The standard InChI is InChI=1S/C12H15BrN4O2S/c1-3-11-8-14-17(15-11)9-16(2)20(18,19)12-6-4-10(13)5-7-12/h4-8H,3,9H2,1-2H3. The van der Waals surface area contributed by atoms with Gasteiger partial charge in [-0.15, -0.1) is 0 Å². The molecule has 0 aliphatic carbocycles. The zero-order chi connectivity index (χ0) is 14.8. The van der Waals surface area contributed by atoms with Gasteiger partial charge in [0, 0.05) is 11.5 Å². The molecule has 2 aromatic rings. The molecule has 0 amide bonds. The minimum Gasteiger partial charge on any atom is -0.207 e. The minimum atomic E-state index is -3.54. The summed E-state index contributed by atoms with van der Waals surface area (Å²) in [5.41, 5.74) is 0.833. The van der Waals surface area contributed by atoms with Crippen LogP contribution < -0.4 is 0 Å². The number of nitrogens with zero attached hydrogens (tertiary/aromatic N) is 4. The van der Waals surface area contributed by atoms with Crippen LogP contribution in [0.2, 0.25) is 0 Å². The first-order valence-electron chi connectivity index (χ1n) is 6.04. The molecule has 1 aromatic carbocycles. The highest BCUT2D eigenvalue weighted by atomic mass is 79.9. The normalized spacial score (nSPS) is 12.0. The van der Waals surface area contributed by atoms with Gasteiger partial charge in [0.05, 0.1) is 16.8 Å². The van der Waals surface area contributed by atoms with Crippen molar-refractivity contribution in [2.24, 2.45) is 0 Å². The van der Waals surface area contributed by atoms with Crippen molar-refractivity contribution in [3.05, 3.63) is 40.6 Å². The smallest absolute Gasteiger partial charge is 0.207 e. The number of rotatable bonds is 5. The van der Waals surface area contributed by atoms with Crippen molar-refractivity contribution in [3.63, 3.8) is 0 Å². The highest BCUT2D eigenvalue weighted by Crippen LogP contribution is 2.18. The van der Waals surface area contributed by atoms with Gasteiger partial charge in [-0.1, -0.05) is 22.9 Å². The van der Waals surface area contributed by atoms with Crippen molar-refractivity contribution in [1.29, 1.82) is 0 Å². The van der Waals surface area contributed by atoms with Gasteiger partial charge in [0.15, 0.2) is 0 Å². The molecule has 0 atom stereocenters. The Morgan fingerprint density at radius 3 is 2.50 bits per heavy atom. The average Bonchev–Trinajstić information content (AvgIpc) is 2.87. The Labute approximate surface area is 126 Å². The molecule has 108 valence electrons. The van der Waals surface area contributed by atoms with Gasteiger partial charge in [-0.2, -0.15) is 19.3 Å². The van der Waals surface area contributed by atoms with Gasteiger partial charge in [-0.25, -0.2) is 8.42 Å². The van der Waals surface area contributed by atoms with Gasteiger partial charge >= 0.3 is 0 Å². The van der Waals surface area contributed by atoms with Crippen LogP contribution in [0.4, 0.5) is 0 Å². The van der Waals surface area contributed by atoms with Crippen molar-refractivity contribution in [2.45, 2.75) is 24.9 Å². The average molecular weight is 359 g/mol. The van der Waals surface area contributed by atoms with Gasteiger partial charge in [0.25, 0.3) is 0 Å². The molecule has 0 saturated carbocycles. The zero-order valence-corrected chi connectivity index (χ0v) is 13.6. The summed E-state index contributed by atoms with van der Waals surface area (Å²) in [6.07, 6.45) is 2.41. The van der Waals surface area contributed by atoms with Crippen LogP contribution in [0.15, 0.2) is 39.8 Å². The van der Waals surface area contributed by atoms with Crippen molar-refractivity contribution in [2.75, 3.05) is 7.05 Å². The van der Waals surface area contributed by atoms with Gasteiger partial charge in [0.1, 0.15) is 6.67 Å². The molecule has 0 bridgehead atoms. The first-order chi connectivity index (χ1) is 9.43. The predicted octanol–water partition coefficient (Wildman–Crippen LogP) is 1.88. The predicted molar refractivity (Wildman–Crippen MR) is 78.5 cm³/mol. The summed E-state index contributed by atoms with van der Waals surface area (Å²) >= 11 is 3.28. The minimum absolute atomic E-state index is 0.0817. The van der Waals surface area contributed by atoms with E-state index < -0.39 is 10.0 Å². The molecule has 0 fully saturated rings. The first-order valence-corrected chi connectivity index (χ1v) is 8.27. The van der Waals surface area contributed by atoms with E-state index in [0.29, 0.717) is 0 Å². The number of sulfonamides is 1. The summed E-state index contributed by atoms with van der Waals surface area (Å²) in [5, 5.41) is 8.22. The summed E-state index contributed by atoms with van der Waals surface area (Å²) in [6.45, 7) is 2.05. The molecule has 6 nitrogen and oxygen atoms in total.